The van der Waals surface area contributed by atoms with Crippen LogP contribution in [0.1, 0.15) is 35.3 Å². The Labute approximate surface area is 168 Å². The molecule has 1 aliphatic rings. The summed E-state index contributed by atoms with van der Waals surface area (Å²) >= 11 is 1.17. The van der Waals surface area contributed by atoms with Gasteiger partial charge in [-0.15, -0.1) is 5.10 Å². The summed E-state index contributed by atoms with van der Waals surface area (Å²) in [6.45, 7) is 0. The smallest absolute Gasteiger partial charge is 0.325 e. The van der Waals surface area contributed by atoms with Crippen molar-refractivity contribution < 1.29 is 18.0 Å². The predicted octanol–water partition coefficient (Wildman–Crippen LogP) is 4.50. The molecule has 0 bridgehead atoms. The van der Waals surface area contributed by atoms with Gasteiger partial charge in [0.1, 0.15) is 5.25 Å². The van der Waals surface area contributed by atoms with Crippen molar-refractivity contribution in [3.63, 3.8) is 0 Å². The zero-order valence-electron chi connectivity index (χ0n) is 15.0. The summed E-state index contributed by atoms with van der Waals surface area (Å²) in [7, 11) is 0. The maximum absolute atomic E-state index is 13.0. The molecule has 29 heavy (non-hydrogen) atoms. The van der Waals surface area contributed by atoms with E-state index in [1.54, 1.807) is 28.9 Å². The molecule has 2 aromatic carbocycles. The highest BCUT2D eigenvalue weighted by molar-refractivity contribution is 8.00. The molecule has 1 heterocycles. The van der Waals surface area contributed by atoms with Gasteiger partial charge in [-0.3, -0.25) is 4.79 Å². The zero-order valence-corrected chi connectivity index (χ0v) is 15.8. The number of tetrazole rings is 1. The monoisotopic (exact) mass is 419 g/mol. The molecule has 3 aromatic rings. The molecule has 1 amide bonds. The van der Waals surface area contributed by atoms with Crippen LogP contribution in [-0.4, -0.2) is 26.1 Å². The van der Waals surface area contributed by atoms with Crippen LogP contribution in [0, 0.1) is 0 Å². The molecule has 0 saturated heterocycles. The molecule has 10 heteroatoms. The van der Waals surface area contributed by atoms with E-state index in [-0.39, 0.29) is 11.7 Å². The highest BCUT2D eigenvalue weighted by Gasteiger charge is 2.32. The maximum atomic E-state index is 13.0. The molecule has 0 radical (unpaired) electrons. The van der Waals surface area contributed by atoms with Crippen LogP contribution in [0.2, 0.25) is 0 Å². The van der Waals surface area contributed by atoms with Gasteiger partial charge < -0.3 is 5.32 Å². The summed E-state index contributed by atoms with van der Waals surface area (Å²) in [4.78, 5) is 13.0. The van der Waals surface area contributed by atoms with E-state index < -0.39 is 22.9 Å². The maximum Gasteiger partial charge on any atom is 0.416 e. The second kappa shape index (κ2) is 7.86. The van der Waals surface area contributed by atoms with Gasteiger partial charge in [0.05, 0.1) is 11.6 Å². The molecule has 1 N–H and O–H groups in total. The Balaban J connectivity index is 1.59. The van der Waals surface area contributed by atoms with Crippen molar-refractivity contribution in [2.24, 2.45) is 0 Å². The van der Waals surface area contributed by atoms with Crippen LogP contribution in [0.4, 0.5) is 18.9 Å². The first kappa shape index (κ1) is 19.4. The minimum absolute atomic E-state index is 0.0770. The Morgan fingerprint density at radius 2 is 1.90 bits per heavy atom. The largest absolute Gasteiger partial charge is 0.416 e. The lowest BCUT2D eigenvalue weighted by Gasteiger charge is -2.17. The van der Waals surface area contributed by atoms with Gasteiger partial charge in [-0.2, -0.15) is 13.2 Å². The van der Waals surface area contributed by atoms with Crippen LogP contribution >= 0.6 is 11.8 Å². The number of anilines is 1. The van der Waals surface area contributed by atoms with Crippen molar-refractivity contribution in [1.29, 1.82) is 0 Å². The van der Waals surface area contributed by atoms with E-state index in [9.17, 15) is 18.0 Å². The van der Waals surface area contributed by atoms with Crippen molar-refractivity contribution in [3.05, 3.63) is 65.7 Å². The van der Waals surface area contributed by atoms with Crippen LogP contribution < -0.4 is 5.32 Å². The molecule has 1 atom stereocenters. The van der Waals surface area contributed by atoms with Gasteiger partial charge in [0.25, 0.3) is 0 Å². The number of carbonyl (C=O) groups is 1. The standard InChI is InChI=1S/C19H16F3N5OS/c20-19(21,22)13-7-4-8-14(11-13)23-17(28)16(12-5-2-1-3-6-12)29-18-24-25-26-27(18)15-9-10-15/h1-8,11,15-16H,9-10H2,(H,23,28)/t16-/m1/s1. The van der Waals surface area contributed by atoms with E-state index >= 15 is 0 Å². The van der Waals surface area contributed by atoms with Gasteiger partial charge in [-0.25, -0.2) is 4.68 Å². The van der Waals surface area contributed by atoms with E-state index in [1.807, 2.05) is 6.07 Å². The number of alkyl halides is 3. The summed E-state index contributed by atoms with van der Waals surface area (Å²) in [5.41, 5.74) is -0.0441. The zero-order chi connectivity index (χ0) is 20.4. The highest BCUT2D eigenvalue weighted by Crippen LogP contribution is 2.41. The minimum atomic E-state index is -4.49. The van der Waals surface area contributed by atoms with Crippen molar-refractivity contribution in [3.8, 4) is 0 Å². The molecule has 1 aromatic heterocycles. The first-order valence-electron chi connectivity index (χ1n) is 8.89. The Morgan fingerprint density at radius 1 is 1.14 bits per heavy atom. The van der Waals surface area contributed by atoms with E-state index in [2.05, 4.69) is 20.8 Å². The molecule has 1 aliphatic carbocycles. The quantitative estimate of drug-likeness (QED) is 0.596. The molecule has 4 rings (SSSR count). The van der Waals surface area contributed by atoms with Gasteiger partial charge in [0.15, 0.2) is 0 Å². The van der Waals surface area contributed by atoms with Crippen molar-refractivity contribution in [1.82, 2.24) is 20.2 Å². The number of hydrogen-bond donors (Lipinski definition) is 1. The Bertz CT molecular complexity index is 1000. The number of benzene rings is 2. The number of carbonyl (C=O) groups excluding carboxylic acids is 1. The molecular formula is C19H16F3N5OS. The summed E-state index contributed by atoms with van der Waals surface area (Å²) in [6.07, 6.45) is -2.53. The lowest BCUT2D eigenvalue weighted by atomic mass is 10.1. The second-order valence-corrected chi connectivity index (χ2v) is 7.69. The summed E-state index contributed by atoms with van der Waals surface area (Å²) in [5.74, 6) is -0.453. The first-order chi connectivity index (χ1) is 13.9. The number of nitrogens with zero attached hydrogens (tertiary/aromatic N) is 4. The van der Waals surface area contributed by atoms with Crippen LogP contribution in [0.3, 0.4) is 0 Å². The molecule has 0 unspecified atom stereocenters. The Hall–Kier alpha value is -2.88. The van der Waals surface area contributed by atoms with E-state index in [0.29, 0.717) is 10.7 Å². The number of amides is 1. The third kappa shape index (κ3) is 4.58. The fourth-order valence-electron chi connectivity index (χ4n) is 2.80. The molecule has 0 spiro atoms. The van der Waals surface area contributed by atoms with E-state index in [0.717, 1.165) is 25.0 Å². The molecule has 1 fully saturated rings. The average molecular weight is 419 g/mol. The van der Waals surface area contributed by atoms with E-state index in [4.69, 9.17) is 0 Å². The van der Waals surface area contributed by atoms with Gasteiger partial charge in [-0.05, 0) is 47.0 Å². The summed E-state index contributed by atoms with van der Waals surface area (Å²) in [6, 6.07) is 13.8. The van der Waals surface area contributed by atoms with Crippen molar-refractivity contribution in [2.45, 2.75) is 35.5 Å². The van der Waals surface area contributed by atoms with Crippen LogP contribution in [0.15, 0.2) is 59.8 Å². The van der Waals surface area contributed by atoms with Gasteiger partial charge in [0.2, 0.25) is 11.1 Å². The second-order valence-electron chi connectivity index (χ2n) is 6.61. The van der Waals surface area contributed by atoms with E-state index in [1.165, 1.54) is 23.9 Å². The Kier molecular flexibility index (Phi) is 5.27. The Morgan fingerprint density at radius 3 is 2.59 bits per heavy atom. The number of rotatable bonds is 6. The SMILES string of the molecule is O=C(Nc1cccc(C(F)(F)F)c1)[C@H](Sc1nnnn1C1CC1)c1ccccc1. The topological polar surface area (TPSA) is 72.7 Å². The van der Waals surface area contributed by atoms with Crippen LogP contribution in [0.25, 0.3) is 0 Å². The number of thioether (sulfide) groups is 1. The number of hydrogen-bond acceptors (Lipinski definition) is 5. The lowest BCUT2D eigenvalue weighted by molar-refractivity contribution is -0.137. The van der Waals surface area contributed by atoms with Crippen molar-refractivity contribution >= 4 is 23.4 Å². The molecule has 150 valence electrons. The summed E-state index contributed by atoms with van der Waals surface area (Å²) < 4.78 is 40.6. The molecule has 6 nitrogen and oxygen atoms in total. The van der Waals surface area contributed by atoms with Gasteiger partial charge in [0, 0.05) is 5.69 Å². The van der Waals surface area contributed by atoms with Gasteiger partial charge in [-0.1, -0.05) is 48.2 Å². The van der Waals surface area contributed by atoms with Crippen molar-refractivity contribution in [2.75, 3.05) is 5.32 Å². The average Bonchev–Trinajstić information content (AvgIpc) is 3.44. The fourth-order valence-corrected chi connectivity index (χ4v) is 3.85. The molecule has 0 aliphatic heterocycles. The normalized spacial score (nSPS) is 15.1. The number of nitrogens with one attached hydrogen (secondary N) is 1. The predicted molar refractivity (Wildman–Crippen MR) is 101 cm³/mol. The fraction of sp³-hybridized carbons (Fsp3) is 0.263. The highest BCUT2D eigenvalue weighted by atomic mass is 32.2. The lowest BCUT2D eigenvalue weighted by Crippen LogP contribution is -2.20. The van der Waals surface area contributed by atoms with Crippen LogP contribution in [0.5, 0.6) is 0 Å². The number of aromatic nitrogens is 4. The molecular weight excluding hydrogens is 403 g/mol. The number of halogens is 3. The third-order valence-corrected chi connectivity index (χ3v) is 5.58. The first-order valence-corrected chi connectivity index (χ1v) is 9.77. The molecule has 1 saturated carbocycles. The minimum Gasteiger partial charge on any atom is -0.325 e. The summed E-state index contributed by atoms with van der Waals surface area (Å²) in [5, 5.41) is 14.1. The van der Waals surface area contributed by atoms with Crippen LogP contribution in [-0.2, 0) is 11.0 Å². The van der Waals surface area contributed by atoms with Gasteiger partial charge >= 0.3 is 6.18 Å². The third-order valence-electron chi connectivity index (χ3n) is 4.38.